The van der Waals surface area contributed by atoms with Gasteiger partial charge in [-0.15, -0.1) is 0 Å². The number of rotatable bonds is 3. The zero-order valence-corrected chi connectivity index (χ0v) is 14.0. The van der Waals surface area contributed by atoms with Gasteiger partial charge < -0.3 is 19.7 Å². The Hall–Kier alpha value is -1.59. The minimum atomic E-state index is -0.458. The third-order valence-corrected chi connectivity index (χ3v) is 5.02. The second-order valence-electron chi connectivity index (χ2n) is 6.56. The molecule has 1 aromatic carbocycles. The Labute approximate surface area is 137 Å². The normalized spacial score (nSPS) is 22.8. The molecule has 0 unspecified atom stereocenters. The van der Waals surface area contributed by atoms with Gasteiger partial charge in [-0.1, -0.05) is 30.3 Å². The van der Waals surface area contributed by atoms with E-state index in [-0.39, 0.29) is 12.1 Å². The van der Waals surface area contributed by atoms with Gasteiger partial charge in [0.05, 0.1) is 19.3 Å². The second kappa shape index (κ2) is 6.89. The lowest BCUT2D eigenvalue weighted by Crippen LogP contribution is -2.49. The van der Waals surface area contributed by atoms with Crippen LogP contribution in [0.3, 0.4) is 0 Å². The standard InChI is InChI=1S/C18H26N2O3/c1-14(15-6-4-3-5-7-15)19-17(21)20-10-8-16(9-11-20)18(2)22-12-13-23-18/h3-7,14,16H,8-13H2,1-2H3,(H,19,21)/t14-/m1/s1. The molecule has 0 bridgehead atoms. The van der Waals surface area contributed by atoms with Crippen LogP contribution in [0.15, 0.2) is 30.3 Å². The molecule has 5 nitrogen and oxygen atoms in total. The first-order valence-electron chi connectivity index (χ1n) is 8.47. The number of nitrogens with one attached hydrogen (secondary N) is 1. The van der Waals surface area contributed by atoms with Crippen LogP contribution >= 0.6 is 0 Å². The molecule has 0 aromatic heterocycles. The SMILES string of the molecule is C[C@@H](NC(=O)N1CCC(C2(C)OCCO2)CC1)c1ccccc1. The smallest absolute Gasteiger partial charge is 0.317 e. The van der Waals surface area contributed by atoms with Crippen molar-refractivity contribution in [3.8, 4) is 0 Å². The monoisotopic (exact) mass is 318 g/mol. The minimum absolute atomic E-state index is 0.0122. The fourth-order valence-electron chi connectivity index (χ4n) is 3.47. The van der Waals surface area contributed by atoms with Gasteiger partial charge in [0.1, 0.15) is 0 Å². The Morgan fingerprint density at radius 1 is 1.22 bits per heavy atom. The molecule has 5 heteroatoms. The molecule has 1 atom stereocenters. The first kappa shape index (κ1) is 16.3. The molecule has 126 valence electrons. The molecule has 0 aliphatic carbocycles. The lowest BCUT2D eigenvalue weighted by atomic mass is 9.89. The van der Waals surface area contributed by atoms with Gasteiger partial charge in [-0.25, -0.2) is 4.79 Å². The van der Waals surface area contributed by atoms with E-state index in [4.69, 9.17) is 9.47 Å². The molecule has 0 radical (unpaired) electrons. The maximum absolute atomic E-state index is 12.4. The molecule has 2 aliphatic rings. The molecular weight excluding hydrogens is 292 g/mol. The van der Waals surface area contributed by atoms with Crippen LogP contribution in [0.2, 0.25) is 0 Å². The summed E-state index contributed by atoms with van der Waals surface area (Å²) in [5.74, 6) is -0.0968. The molecule has 2 aliphatic heterocycles. The van der Waals surface area contributed by atoms with E-state index in [0.29, 0.717) is 19.1 Å². The summed E-state index contributed by atoms with van der Waals surface area (Å²) < 4.78 is 11.5. The average Bonchev–Trinajstić information content (AvgIpc) is 3.03. The van der Waals surface area contributed by atoms with Gasteiger partial charge in [0.2, 0.25) is 0 Å². The summed E-state index contributed by atoms with van der Waals surface area (Å²) in [5.41, 5.74) is 1.12. The number of benzene rings is 1. The predicted molar refractivity (Wildman–Crippen MR) is 88.0 cm³/mol. The molecule has 23 heavy (non-hydrogen) atoms. The number of likely N-dealkylation sites (tertiary alicyclic amines) is 1. The first-order valence-corrected chi connectivity index (χ1v) is 8.47. The molecule has 2 saturated heterocycles. The fourth-order valence-corrected chi connectivity index (χ4v) is 3.47. The van der Waals surface area contributed by atoms with E-state index < -0.39 is 5.79 Å². The highest BCUT2D eigenvalue weighted by Gasteiger charge is 2.41. The largest absolute Gasteiger partial charge is 0.348 e. The van der Waals surface area contributed by atoms with Crippen molar-refractivity contribution < 1.29 is 14.3 Å². The van der Waals surface area contributed by atoms with E-state index in [1.807, 2.05) is 49.1 Å². The molecule has 1 aromatic rings. The van der Waals surface area contributed by atoms with Crippen molar-refractivity contribution in [2.45, 2.75) is 38.5 Å². The van der Waals surface area contributed by atoms with Crippen molar-refractivity contribution in [1.82, 2.24) is 10.2 Å². The summed E-state index contributed by atoms with van der Waals surface area (Å²) in [5, 5.41) is 3.08. The average molecular weight is 318 g/mol. The number of piperidine rings is 1. The van der Waals surface area contributed by atoms with Gasteiger partial charge in [-0.2, -0.15) is 0 Å². The van der Waals surface area contributed by atoms with Crippen LogP contribution in [-0.4, -0.2) is 43.0 Å². The highest BCUT2D eigenvalue weighted by Crippen LogP contribution is 2.35. The van der Waals surface area contributed by atoms with Gasteiger partial charge in [-0.3, -0.25) is 0 Å². The van der Waals surface area contributed by atoms with Crippen molar-refractivity contribution >= 4 is 6.03 Å². The van der Waals surface area contributed by atoms with E-state index in [9.17, 15) is 4.79 Å². The van der Waals surface area contributed by atoms with Crippen LogP contribution < -0.4 is 5.32 Å². The van der Waals surface area contributed by atoms with Crippen molar-refractivity contribution in [1.29, 1.82) is 0 Å². The molecule has 1 N–H and O–H groups in total. The van der Waals surface area contributed by atoms with Crippen LogP contribution in [0.1, 0.15) is 38.3 Å². The van der Waals surface area contributed by atoms with Gasteiger partial charge in [0, 0.05) is 19.0 Å². The van der Waals surface area contributed by atoms with E-state index >= 15 is 0 Å². The number of carbonyl (C=O) groups is 1. The lowest BCUT2D eigenvalue weighted by molar-refractivity contribution is -0.189. The van der Waals surface area contributed by atoms with Crippen LogP contribution in [-0.2, 0) is 9.47 Å². The number of carbonyl (C=O) groups excluding carboxylic acids is 1. The summed E-state index contributed by atoms with van der Waals surface area (Å²) in [6.45, 7) is 6.89. The Morgan fingerprint density at radius 3 is 2.43 bits per heavy atom. The fraction of sp³-hybridized carbons (Fsp3) is 0.611. The van der Waals surface area contributed by atoms with Gasteiger partial charge >= 0.3 is 6.03 Å². The van der Waals surface area contributed by atoms with Crippen molar-refractivity contribution in [2.75, 3.05) is 26.3 Å². The Balaban J connectivity index is 1.50. The third-order valence-electron chi connectivity index (χ3n) is 5.02. The number of hydrogen-bond acceptors (Lipinski definition) is 3. The Morgan fingerprint density at radius 2 is 1.83 bits per heavy atom. The Kier molecular flexibility index (Phi) is 4.87. The topological polar surface area (TPSA) is 50.8 Å². The summed E-state index contributed by atoms with van der Waals surface area (Å²) in [7, 11) is 0. The highest BCUT2D eigenvalue weighted by molar-refractivity contribution is 5.74. The number of hydrogen-bond donors (Lipinski definition) is 1. The van der Waals surface area contributed by atoms with Crippen molar-refractivity contribution in [3.05, 3.63) is 35.9 Å². The summed E-state index contributed by atoms with van der Waals surface area (Å²) in [6, 6.07) is 10.1. The molecule has 0 saturated carbocycles. The van der Waals surface area contributed by atoms with Gasteiger partial charge in [0.15, 0.2) is 5.79 Å². The van der Waals surface area contributed by atoms with E-state index in [1.165, 1.54) is 0 Å². The minimum Gasteiger partial charge on any atom is -0.348 e. The summed E-state index contributed by atoms with van der Waals surface area (Å²) in [6.07, 6.45) is 1.84. The summed E-state index contributed by atoms with van der Waals surface area (Å²) in [4.78, 5) is 14.3. The van der Waals surface area contributed by atoms with E-state index in [0.717, 1.165) is 31.5 Å². The molecular formula is C18H26N2O3. The van der Waals surface area contributed by atoms with Crippen LogP contribution in [0.4, 0.5) is 4.79 Å². The van der Waals surface area contributed by atoms with Crippen molar-refractivity contribution in [3.63, 3.8) is 0 Å². The Bertz CT molecular complexity index is 520. The molecule has 0 spiro atoms. The zero-order valence-electron chi connectivity index (χ0n) is 14.0. The maximum atomic E-state index is 12.4. The summed E-state index contributed by atoms with van der Waals surface area (Å²) >= 11 is 0. The van der Waals surface area contributed by atoms with E-state index in [1.54, 1.807) is 0 Å². The molecule has 2 fully saturated rings. The first-order chi connectivity index (χ1) is 11.1. The second-order valence-corrected chi connectivity index (χ2v) is 6.56. The van der Waals surface area contributed by atoms with Gasteiger partial charge in [-0.05, 0) is 32.3 Å². The molecule has 3 rings (SSSR count). The van der Waals surface area contributed by atoms with Crippen LogP contribution in [0.25, 0.3) is 0 Å². The number of nitrogens with zero attached hydrogens (tertiary/aromatic N) is 1. The number of ether oxygens (including phenoxy) is 2. The van der Waals surface area contributed by atoms with Crippen LogP contribution in [0, 0.1) is 5.92 Å². The van der Waals surface area contributed by atoms with E-state index in [2.05, 4.69) is 5.32 Å². The van der Waals surface area contributed by atoms with Crippen molar-refractivity contribution in [2.24, 2.45) is 5.92 Å². The zero-order chi connectivity index (χ0) is 16.3. The van der Waals surface area contributed by atoms with Crippen LogP contribution in [0.5, 0.6) is 0 Å². The highest BCUT2D eigenvalue weighted by atomic mass is 16.7. The molecule has 2 heterocycles. The maximum Gasteiger partial charge on any atom is 0.317 e. The lowest BCUT2D eigenvalue weighted by Gasteiger charge is -2.39. The quantitative estimate of drug-likeness (QED) is 0.932. The number of amides is 2. The predicted octanol–water partition coefficient (Wildman–Crippen LogP) is 2.93. The number of urea groups is 1. The molecule has 2 amide bonds. The third kappa shape index (κ3) is 3.67. The van der Waals surface area contributed by atoms with Gasteiger partial charge in [0.25, 0.3) is 0 Å².